The fourth-order valence-corrected chi connectivity index (χ4v) is 3.67. The Morgan fingerprint density at radius 3 is 2.50 bits per heavy atom. The number of phenols is 2. The average Bonchev–Trinajstić information content (AvgIpc) is 2.91. The van der Waals surface area contributed by atoms with Gasteiger partial charge < -0.3 is 19.7 Å². The van der Waals surface area contributed by atoms with Crippen molar-refractivity contribution in [2.24, 2.45) is 0 Å². The molecule has 3 aromatic carbocycles. The largest absolute Gasteiger partial charge is 0.508 e. The van der Waals surface area contributed by atoms with Crippen LogP contribution in [0.2, 0.25) is 0 Å². The van der Waals surface area contributed by atoms with Gasteiger partial charge in [0.05, 0.1) is 11.1 Å². The second kappa shape index (κ2) is 4.76. The average molecular weight is 350 g/mol. The minimum absolute atomic E-state index is 0.0358. The molecular weight excluding hydrogens is 339 g/mol. The molecule has 0 bridgehead atoms. The van der Waals surface area contributed by atoms with E-state index < -0.39 is 23.1 Å². The van der Waals surface area contributed by atoms with E-state index in [0.717, 1.165) is 12.1 Å². The van der Waals surface area contributed by atoms with Gasteiger partial charge in [-0.3, -0.25) is 0 Å². The summed E-state index contributed by atoms with van der Waals surface area (Å²) in [6.07, 6.45) is 0. The van der Waals surface area contributed by atoms with E-state index >= 15 is 0 Å². The lowest BCUT2D eigenvalue weighted by Crippen LogP contribution is -2.33. The zero-order valence-corrected chi connectivity index (χ0v) is 13.2. The van der Waals surface area contributed by atoms with E-state index in [0.29, 0.717) is 16.7 Å². The highest BCUT2D eigenvalue weighted by Gasteiger charge is 2.53. The molecule has 5 rings (SSSR count). The minimum atomic E-state index is -1.42. The Kier molecular flexibility index (Phi) is 2.70. The van der Waals surface area contributed by atoms with E-state index in [4.69, 9.17) is 9.47 Å². The number of carbonyl (C=O) groups excluding carboxylic acids is 1. The molecule has 1 unspecified atom stereocenters. The van der Waals surface area contributed by atoms with Crippen molar-refractivity contribution in [2.75, 3.05) is 0 Å². The predicted molar refractivity (Wildman–Crippen MR) is 88.0 cm³/mol. The van der Waals surface area contributed by atoms with Crippen molar-refractivity contribution in [1.82, 2.24) is 0 Å². The first kappa shape index (κ1) is 14.8. The lowest BCUT2D eigenvalue weighted by molar-refractivity contribution is 0.0223. The van der Waals surface area contributed by atoms with Gasteiger partial charge >= 0.3 is 5.97 Å². The van der Waals surface area contributed by atoms with Gasteiger partial charge in [0.25, 0.3) is 0 Å². The van der Waals surface area contributed by atoms with E-state index in [1.807, 2.05) is 0 Å². The molecule has 1 atom stereocenters. The Hall–Kier alpha value is -3.54. The summed E-state index contributed by atoms with van der Waals surface area (Å²) in [7, 11) is 0. The highest BCUT2D eigenvalue weighted by molar-refractivity contribution is 5.97. The molecule has 2 aliphatic rings. The maximum absolute atomic E-state index is 14.2. The predicted octanol–water partition coefficient (Wildman–Crippen LogP) is 3.80. The topological polar surface area (TPSA) is 76.0 Å². The zero-order chi connectivity index (χ0) is 18.1. The number of benzene rings is 3. The van der Waals surface area contributed by atoms with Crippen molar-refractivity contribution in [2.45, 2.75) is 5.60 Å². The lowest BCUT2D eigenvalue weighted by Gasteiger charge is -2.36. The van der Waals surface area contributed by atoms with Crippen LogP contribution in [-0.4, -0.2) is 16.2 Å². The SMILES string of the molecule is O=C1OC2(c3ccc(O)cc3Oc3cc(O)c(F)cc32)c2ccccc21. The van der Waals surface area contributed by atoms with Gasteiger partial charge in [0.15, 0.2) is 17.2 Å². The first-order valence-corrected chi connectivity index (χ1v) is 7.88. The number of aromatic hydroxyl groups is 2. The summed E-state index contributed by atoms with van der Waals surface area (Å²) >= 11 is 0. The molecule has 2 heterocycles. The van der Waals surface area contributed by atoms with Crippen LogP contribution in [0.1, 0.15) is 27.0 Å². The van der Waals surface area contributed by atoms with Crippen molar-refractivity contribution in [3.8, 4) is 23.0 Å². The zero-order valence-electron chi connectivity index (χ0n) is 13.2. The number of esters is 1. The Bertz CT molecular complexity index is 1110. The number of hydrogen-bond acceptors (Lipinski definition) is 5. The third kappa shape index (κ3) is 1.70. The van der Waals surface area contributed by atoms with Crippen LogP contribution >= 0.6 is 0 Å². The Morgan fingerprint density at radius 1 is 0.885 bits per heavy atom. The Balaban J connectivity index is 1.92. The van der Waals surface area contributed by atoms with Crippen LogP contribution < -0.4 is 4.74 Å². The number of fused-ring (bicyclic) bond motifs is 6. The smallest absolute Gasteiger partial charge is 0.340 e. The fraction of sp³-hybridized carbons (Fsp3) is 0.0500. The molecule has 6 heteroatoms. The lowest BCUT2D eigenvalue weighted by atomic mass is 9.77. The van der Waals surface area contributed by atoms with Crippen LogP contribution in [0.25, 0.3) is 0 Å². The molecule has 0 saturated carbocycles. The molecule has 26 heavy (non-hydrogen) atoms. The van der Waals surface area contributed by atoms with Crippen LogP contribution in [0.3, 0.4) is 0 Å². The van der Waals surface area contributed by atoms with Crippen molar-refractivity contribution in [3.63, 3.8) is 0 Å². The van der Waals surface area contributed by atoms with Gasteiger partial charge in [-0.2, -0.15) is 0 Å². The fourth-order valence-electron chi connectivity index (χ4n) is 3.67. The van der Waals surface area contributed by atoms with Gasteiger partial charge in [0.1, 0.15) is 17.2 Å². The van der Waals surface area contributed by atoms with Crippen LogP contribution in [0.15, 0.2) is 54.6 Å². The monoisotopic (exact) mass is 350 g/mol. The van der Waals surface area contributed by atoms with Crippen molar-refractivity contribution in [3.05, 3.63) is 82.7 Å². The van der Waals surface area contributed by atoms with Crippen LogP contribution in [0.5, 0.6) is 23.0 Å². The first-order valence-electron chi connectivity index (χ1n) is 7.88. The van der Waals surface area contributed by atoms with E-state index in [-0.39, 0.29) is 22.8 Å². The molecule has 2 aliphatic heterocycles. The van der Waals surface area contributed by atoms with Crippen LogP contribution in [-0.2, 0) is 10.3 Å². The van der Waals surface area contributed by atoms with Crippen LogP contribution in [0, 0.1) is 5.82 Å². The summed E-state index contributed by atoms with van der Waals surface area (Å²) in [6.45, 7) is 0. The van der Waals surface area contributed by atoms with E-state index in [1.54, 1.807) is 30.3 Å². The van der Waals surface area contributed by atoms with E-state index in [1.165, 1.54) is 12.1 Å². The van der Waals surface area contributed by atoms with E-state index in [2.05, 4.69) is 0 Å². The summed E-state index contributed by atoms with van der Waals surface area (Å²) in [4.78, 5) is 12.5. The molecule has 0 amide bonds. The van der Waals surface area contributed by atoms with Gasteiger partial charge in [-0.1, -0.05) is 18.2 Å². The van der Waals surface area contributed by atoms with Gasteiger partial charge in [-0.25, -0.2) is 9.18 Å². The molecule has 1 spiro atoms. The molecule has 5 nitrogen and oxygen atoms in total. The maximum Gasteiger partial charge on any atom is 0.340 e. The van der Waals surface area contributed by atoms with Gasteiger partial charge in [0.2, 0.25) is 0 Å². The normalized spacial score (nSPS) is 19.3. The first-order chi connectivity index (χ1) is 12.5. The Morgan fingerprint density at radius 2 is 1.65 bits per heavy atom. The highest BCUT2D eigenvalue weighted by Crippen LogP contribution is 2.57. The van der Waals surface area contributed by atoms with E-state index in [9.17, 15) is 19.4 Å². The highest BCUT2D eigenvalue weighted by atomic mass is 19.1. The molecule has 0 saturated heterocycles. The molecule has 0 aliphatic carbocycles. The van der Waals surface area contributed by atoms with Crippen molar-refractivity contribution < 1.29 is 28.9 Å². The summed E-state index contributed by atoms with van der Waals surface area (Å²) < 4.78 is 25.7. The Labute approximate surface area is 146 Å². The standard InChI is InChI=1S/C20H11FO5/c21-15-8-14-18(9-16(15)23)25-17-7-10(22)5-6-13(17)20(14)12-4-2-1-3-11(12)19(24)26-20/h1-9,22-23H. The van der Waals surface area contributed by atoms with Crippen molar-refractivity contribution in [1.29, 1.82) is 0 Å². The summed E-state index contributed by atoms with van der Waals surface area (Å²) in [6, 6.07) is 13.5. The molecule has 0 fully saturated rings. The molecular formula is C20H11FO5. The number of phenolic OH excluding ortho intramolecular Hbond substituents is 2. The third-order valence-corrected chi connectivity index (χ3v) is 4.76. The molecule has 0 aromatic heterocycles. The van der Waals surface area contributed by atoms with Crippen LogP contribution in [0.4, 0.5) is 4.39 Å². The second-order valence-corrected chi connectivity index (χ2v) is 6.20. The quantitative estimate of drug-likeness (QED) is 0.603. The van der Waals surface area contributed by atoms with Crippen molar-refractivity contribution >= 4 is 5.97 Å². The van der Waals surface area contributed by atoms with Gasteiger partial charge in [-0.15, -0.1) is 0 Å². The maximum atomic E-state index is 14.2. The van der Waals surface area contributed by atoms with Gasteiger partial charge in [-0.05, 0) is 24.3 Å². The number of halogens is 1. The summed E-state index contributed by atoms with van der Waals surface area (Å²) in [5, 5.41) is 19.6. The summed E-state index contributed by atoms with van der Waals surface area (Å²) in [5.41, 5.74) is 0.230. The summed E-state index contributed by atoms with van der Waals surface area (Å²) in [5.74, 6) is -1.61. The number of ether oxygens (including phenoxy) is 2. The number of hydrogen-bond donors (Lipinski definition) is 2. The molecule has 3 aromatic rings. The number of carbonyl (C=O) groups is 1. The molecule has 128 valence electrons. The number of rotatable bonds is 0. The molecule has 0 radical (unpaired) electrons. The van der Waals surface area contributed by atoms with Gasteiger partial charge in [0, 0.05) is 23.3 Å². The second-order valence-electron chi connectivity index (χ2n) is 6.20. The minimum Gasteiger partial charge on any atom is -0.508 e. The third-order valence-electron chi connectivity index (χ3n) is 4.76. The molecule has 2 N–H and O–H groups in total.